The van der Waals surface area contributed by atoms with Crippen LogP contribution in [0.2, 0.25) is 0 Å². The molecule has 0 fully saturated rings. The van der Waals surface area contributed by atoms with Gasteiger partial charge in [0.15, 0.2) is 5.16 Å². The molecule has 0 amide bonds. The van der Waals surface area contributed by atoms with Gasteiger partial charge in [-0.05, 0) is 12.5 Å². The van der Waals surface area contributed by atoms with E-state index in [1.807, 2.05) is 37.3 Å². The zero-order chi connectivity index (χ0) is 15.5. The van der Waals surface area contributed by atoms with Crippen molar-refractivity contribution in [3.63, 3.8) is 0 Å². The Kier molecular flexibility index (Phi) is 4.27. The molecule has 0 radical (unpaired) electrons. The smallest absolute Gasteiger partial charge is 0.260 e. The maximum absolute atomic E-state index is 12.5. The first-order chi connectivity index (χ1) is 10.7. The number of nitrogens with one attached hydrogen (secondary N) is 1. The van der Waals surface area contributed by atoms with Crippen LogP contribution >= 0.6 is 23.1 Å². The molecule has 0 aliphatic rings. The molecule has 3 rings (SSSR count). The minimum Gasteiger partial charge on any atom is -0.301 e. The summed E-state index contributed by atoms with van der Waals surface area (Å²) in [5, 5.41) is 9.81. The number of aromatic amines is 1. The van der Waals surface area contributed by atoms with Crippen molar-refractivity contribution >= 4 is 33.3 Å². The summed E-state index contributed by atoms with van der Waals surface area (Å²) in [6, 6.07) is 12.0. The number of aryl methyl sites for hydroxylation is 1. The van der Waals surface area contributed by atoms with E-state index in [1.165, 1.54) is 23.1 Å². The van der Waals surface area contributed by atoms with Crippen molar-refractivity contribution in [2.45, 2.75) is 18.5 Å². The summed E-state index contributed by atoms with van der Waals surface area (Å²) in [4.78, 5) is 21.7. The molecule has 0 atom stereocenters. The van der Waals surface area contributed by atoms with E-state index in [9.17, 15) is 4.79 Å². The Morgan fingerprint density at radius 1 is 1.36 bits per heavy atom. The topological polar surface area (TPSA) is 69.5 Å². The first-order valence-corrected chi connectivity index (χ1v) is 8.59. The highest BCUT2D eigenvalue weighted by atomic mass is 32.2. The van der Waals surface area contributed by atoms with Gasteiger partial charge in [0.25, 0.3) is 5.56 Å². The highest BCUT2D eigenvalue weighted by Crippen LogP contribution is 2.35. The Hall–Kier alpha value is -2.10. The van der Waals surface area contributed by atoms with Gasteiger partial charge in [-0.3, -0.25) is 4.79 Å². The van der Waals surface area contributed by atoms with Gasteiger partial charge in [-0.2, -0.15) is 5.26 Å². The number of H-pyrrole nitrogens is 1. The van der Waals surface area contributed by atoms with Crippen molar-refractivity contribution in [3.05, 3.63) is 45.6 Å². The molecular formula is C16H13N3OS2. The Bertz CT molecular complexity index is 907. The Morgan fingerprint density at radius 3 is 2.86 bits per heavy atom. The molecule has 6 heteroatoms. The van der Waals surface area contributed by atoms with Gasteiger partial charge in [0.05, 0.1) is 11.5 Å². The van der Waals surface area contributed by atoms with Gasteiger partial charge >= 0.3 is 0 Å². The first-order valence-electron chi connectivity index (χ1n) is 6.79. The number of thioether (sulfide) groups is 1. The molecule has 0 saturated heterocycles. The van der Waals surface area contributed by atoms with E-state index in [2.05, 4.69) is 16.0 Å². The molecule has 0 aliphatic carbocycles. The summed E-state index contributed by atoms with van der Waals surface area (Å²) in [5.41, 5.74) is 1.87. The minimum atomic E-state index is -0.118. The number of hydrogen-bond acceptors (Lipinski definition) is 5. The fourth-order valence-corrected chi connectivity index (χ4v) is 4.12. The van der Waals surface area contributed by atoms with Crippen molar-refractivity contribution in [1.82, 2.24) is 9.97 Å². The maximum Gasteiger partial charge on any atom is 0.260 e. The molecule has 0 unspecified atom stereocenters. The molecule has 2 heterocycles. The Labute approximate surface area is 135 Å². The van der Waals surface area contributed by atoms with Crippen LogP contribution < -0.4 is 5.56 Å². The molecular weight excluding hydrogens is 314 g/mol. The zero-order valence-corrected chi connectivity index (χ0v) is 13.6. The molecule has 0 bridgehead atoms. The van der Waals surface area contributed by atoms with Crippen LogP contribution in [0, 0.1) is 18.3 Å². The van der Waals surface area contributed by atoms with E-state index in [1.54, 1.807) is 0 Å². The summed E-state index contributed by atoms with van der Waals surface area (Å²) < 4.78 is 0. The quantitative estimate of drug-likeness (QED) is 0.447. The number of fused-ring (bicyclic) bond motifs is 1. The summed E-state index contributed by atoms with van der Waals surface area (Å²) >= 11 is 2.93. The van der Waals surface area contributed by atoms with Crippen molar-refractivity contribution in [2.24, 2.45) is 0 Å². The van der Waals surface area contributed by atoms with E-state index < -0.39 is 0 Å². The highest BCUT2D eigenvalue weighted by Gasteiger charge is 2.16. The van der Waals surface area contributed by atoms with Gasteiger partial charge in [0.2, 0.25) is 0 Å². The Balaban J connectivity index is 2.11. The highest BCUT2D eigenvalue weighted by molar-refractivity contribution is 7.99. The molecule has 4 nitrogen and oxygen atoms in total. The van der Waals surface area contributed by atoms with Gasteiger partial charge in [-0.15, -0.1) is 11.3 Å². The standard InChI is InChI=1S/C16H13N3OS2/c1-10-12(11-6-3-2-4-7-11)13-14(20)18-16(19-15(13)22-10)21-9-5-8-17/h2-4,6-7H,5,9H2,1H3,(H,18,19,20). The molecule has 110 valence electrons. The number of nitriles is 1. The van der Waals surface area contributed by atoms with Crippen LogP contribution in [0.15, 0.2) is 40.3 Å². The molecule has 3 aromatic rings. The molecule has 1 aromatic carbocycles. The minimum absolute atomic E-state index is 0.118. The van der Waals surface area contributed by atoms with E-state index >= 15 is 0 Å². The molecule has 0 saturated carbocycles. The van der Waals surface area contributed by atoms with Crippen molar-refractivity contribution in [3.8, 4) is 17.2 Å². The summed E-state index contributed by atoms with van der Waals surface area (Å²) in [7, 11) is 0. The summed E-state index contributed by atoms with van der Waals surface area (Å²) in [6.07, 6.45) is 0.436. The fourth-order valence-electron chi connectivity index (χ4n) is 2.31. The fraction of sp³-hybridized carbons (Fsp3) is 0.188. The van der Waals surface area contributed by atoms with E-state index in [0.717, 1.165) is 20.8 Å². The zero-order valence-electron chi connectivity index (χ0n) is 11.9. The van der Waals surface area contributed by atoms with Crippen LogP contribution in [0.4, 0.5) is 0 Å². The lowest BCUT2D eigenvalue weighted by molar-refractivity contribution is 0.979. The first kappa shape index (κ1) is 14.8. The molecule has 22 heavy (non-hydrogen) atoms. The number of benzene rings is 1. The second-order valence-corrected chi connectivity index (χ2v) is 6.99. The number of aromatic nitrogens is 2. The second kappa shape index (κ2) is 6.34. The third kappa shape index (κ3) is 2.78. The van der Waals surface area contributed by atoms with Gasteiger partial charge < -0.3 is 4.98 Å². The van der Waals surface area contributed by atoms with Gasteiger partial charge in [-0.1, -0.05) is 42.1 Å². The monoisotopic (exact) mass is 327 g/mol. The summed E-state index contributed by atoms with van der Waals surface area (Å²) in [5.74, 6) is 0.626. The third-order valence-corrected chi connectivity index (χ3v) is 5.11. The van der Waals surface area contributed by atoms with Crippen molar-refractivity contribution in [1.29, 1.82) is 5.26 Å². The number of nitrogens with zero attached hydrogens (tertiary/aromatic N) is 2. The van der Waals surface area contributed by atoms with Crippen LogP contribution in [0.1, 0.15) is 11.3 Å². The predicted molar refractivity (Wildman–Crippen MR) is 91.4 cm³/mol. The van der Waals surface area contributed by atoms with Crippen LogP contribution in [0.5, 0.6) is 0 Å². The number of thiophene rings is 1. The molecule has 0 spiro atoms. The molecule has 1 N–H and O–H groups in total. The maximum atomic E-state index is 12.5. The summed E-state index contributed by atoms with van der Waals surface area (Å²) in [6.45, 7) is 2.01. The number of hydrogen-bond donors (Lipinski definition) is 1. The average molecular weight is 327 g/mol. The lowest BCUT2D eigenvalue weighted by Gasteiger charge is -2.02. The second-order valence-electron chi connectivity index (χ2n) is 4.71. The lowest BCUT2D eigenvalue weighted by Crippen LogP contribution is -2.08. The van der Waals surface area contributed by atoms with E-state index in [4.69, 9.17) is 5.26 Å². The molecule has 0 aliphatic heterocycles. The van der Waals surface area contributed by atoms with Crippen molar-refractivity contribution < 1.29 is 0 Å². The van der Waals surface area contributed by atoms with Gasteiger partial charge in [-0.25, -0.2) is 4.98 Å². The van der Waals surface area contributed by atoms with Crippen LogP contribution in [-0.4, -0.2) is 15.7 Å². The largest absolute Gasteiger partial charge is 0.301 e. The Morgan fingerprint density at radius 2 is 2.14 bits per heavy atom. The lowest BCUT2D eigenvalue weighted by atomic mass is 10.0. The normalized spacial score (nSPS) is 10.7. The van der Waals surface area contributed by atoms with Gasteiger partial charge in [0, 0.05) is 22.6 Å². The SMILES string of the molecule is Cc1sc2nc(SCCC#N)[nH]c(=O)c2c1-c1ccccc1. The molecule has 2 aromatic heterocycles. The van der Waals surface area contributed by atoms with Crippen LogP contribution in [-0.2, 0) is 0 Å². The van der Waals surface area contributed by atoms with Crippen molar-refractivity contribution in [2.75, 3.05) is 5.75 Å². The van der Waals surface area contributed by atoms with Crippen LogP contribution in [0.3, 0.4) is 0 Å². The third-order valence-electron chi connectivity index (χ3n) is 3.23. The van der Waals surface area contributed by atoms with E-state index in [0.29, 0.717) is 22.7 Å². The predicted octanol–water partition coefficient (Wildman–Crippen LogP) is 3.97. The average Bonchev–Trinajstić information content (AvgIpc) is 2.85. The van der Waals surface area contributed by atoms with Gasteiger partial charge in [0.1, 0.15) is 4.83 Å². The van der Waals surface area contributed by atoms with E-state index in [-0.39, 0.29) is 5.56 Å². The van der Waals surface area contributed by atoms with Crippen LogP contribution in [0.25, 0.3) is 21.3 Å². The number of rotatable bonds is 4.